The minimum atomic E-state index is -0.574. The molecule has 1 aromatic heterocycles. The Morgan fingerprint density at radius 1 is 1.40 bits per heavy atom. The van der Waals surface area contributed by atoms with E-state index in [2.05, 4.69) is 38.9 Å². The van der Waals surface area contributed by atoms with Crippen molar-refractivity contribution in [1.29, 1.82) is 0 Å². The molecule has 1 aromatic rings. The van der Waals surface area contributed by atoms with Crippen LogP contribution >= 0.6 is 0 Å². The van der Waals surface area contributed by atoms with E-state index in [4.69, 9.17) is 0 Å². The fraction of sp³-hybridized carbons (Fsp3) is 0.824. The van der Waals surface area contributed by atoms with Crippen LogP contribution < -0.4 is 0 Å². The molecule has 1 N–H and O–H groups in total. The molecule has 3 nitrogen and oxygen atoms in total. The standard InChI is InChI=1S/C17H30N2O/c1-6-19-14(11-13(2)18-19)12-17(20)10-8-7-9-15(17)16(3,4)5/h11,15,20H,6-10,12H2,1-5H3. The van der Waals surface area contributed by atoms with Gasteiger partial charge in [-0.1, -0.05) is 33.6 Å². The summed E-state index contributed by atoms with van der Waals surface area (Å²) < 4.78 is 2.04. The van der Waals surface area contributed by atoms with Crippen LogP contribution in [0.2, 0.25) is 0 Å². The largest absolute Gasteiger partial charge is 0.389 e. The van der Waals surface area contributed by atoms with Crippen molar-refractivity contribution >= 4 is 0 Å². The highest BCUT2D eigenvalue weighted by atomic mass is 16.3. The molecule has 0 spiro atoms. The molecule has 1 fully saturated rings. The van der Waals surface area contributed by atoms with Gasteiger partial charge in [0, 0.05) is 18.7 Å². The highest BCUT2D eigenvalue weighted by Crippen LogP contribution is 2.45. The van der Waals surface area contributed by atoms with E-state index in [-0.39, 0.29) is 5.41 Å². The lowest BCUT2D eigenvalue weighted by Crippen LogP contribution is -2.48. The Balaban J connectivity index is 2.27. The molecule has 0 bridgehead atoms. The maximum atomic E-state index is 11.3. The Morgan fingerprint density at radius 2 is 2.10 bits per heavy atom. The molecule has 2 unspecified atom stereocenters. The molecular weight excluding hydrogens is 248 g/mol. The number of aryl methyl sites for hydroxylation is 2. The molecule has 1 aliphatic rings. The lowest BCUT2D eigenvalue weighted by molar-refractivity contribution is -0.0899. The third kappa shape index (κ3) is 3.08. The molecule has 2 rings (SSSR count). The van der Waals surface area contributed by atoms with E-state index in [9.17, 15) is 5.11 Å². The summed E-state index contributed by atoms with van der Waals surface area (Å²) in [4.78, 5) is 0. The fourth-order valence-electron chi connectivity index (χ4n) is 4.00. The van der Waals surface area contributed by atoms with Gasteiger partial charge in [-0.3, -0.25) is 4.68 Å². The van der Waals surface area contributed by atoms with Crippen LogP contribution in [-0.4, -0.2) is 20.5 Å². The van der Waals surface area contributed by atoms with Crippen LogP contribution in [0.15, 0.2) is 6.07 Å². The molecule has 0 aromatic carbocycles. The quantitative estimate of drug-likeness (QED) is 0.915. The van der Waals surface area contributed by atoms with Crippen LogP contribution in [0.25, 0.3) is 0 Å². The van der Waals surface area contributed by atoms with Gasteiger partial charge >= 0.3 is 0 Å². The SMILES string of the molecule is CCn1nc(C)cc1CC1(O)CCCCC1C(C)(C)C. The first-order valence-corrected chi connectivity index (χ1v) is 8.02. The minimum absolute atomic E-state index is 0.154. The van der Waals surface area contributed by atoms with Gasteiger partial charge in [-0.05, 0) is 44.1 Å². The Kier molecular flexibility index (Phi) is 4.29. The average Bonchev–Trinajstić information content (AvgIpc) is 2.67. The topological polar surface area (TPSA) is 38.0 Å². The maximum absolute atomic E-state index is 11.3. The summed E-state index contributed by atoms with van der Waals surface area (Å²) >= 11 is 0. The van der Waals surface area contributed by atoms with Crippen molar-refractivity contribution in [2.45, 2.75) is 78.9 Å². The molecular formula is C17H30N2O. The predicted molar refractivity (Wildman–Crippen MR) is 82.7 cm³/mol. The Morgan fingerprint density at radius 3 is 2.70 bits per heavy atom. The van der Waals surface area contributed by atoms with Crippen molar-refractivity contribution in [3.63, 3.8) is 0 Å². The summed E-state index contributed by atoms with van der Waals surface area (Å²) in [6, 6.07) is 2.13. The number of nitrogens with zero attached hydrogens (tertiary/aromatic N) is 2. The van der Waals surface area contributed by atoms with Crippen molar-refractivity contribution in [3.05, 3.63) is 17.5 Å². The van der Waals surface area contributed by atoms with E-state index in [0.29, 0.717) is 5.92 Å². The van der Waals surface area contributed by atoms with Gasteiger partial charge in [-0.2, -0.15) is 5.10 Å². The van der Waals surface area contributed by atoms with Crippen molar-refractivity contribution in [1.82, 2.24) is 9.78 Å². The molecule has 20 heavy (non-hydrogen) atoms. The lowest BCUT2D eigenvalue weighted by atomic mass is 9.62. The van der Waals surface area contributed by atoms with E-state index in [0.717, 1.165) is 37.9 Å². The van der Waals surface area contributed by atoms with Crippen molar-refractivity contribution in [3.8, 4) is 0 Å². The Labute approximate surface area is 123 Å². The highest BCUT2D eigenvalue weighted by molar-refractivity contribution is 5.13. The third-order valence-corrected chi connectivity index (χ3v) is 4.82. The van der Waals surface area contributed by atoms with E-state index in [1.165, 1.54) is 12.1 Å². The molecule has 1 saturated carbocycles. The smallest absolute Gasteiger partial charge is 0.0735 e. The minimum Gasteiger partial charge on any atom is -0.389 e. The summed E-state index contributed by atoms with van der Waals surface area (Å²) in [5, 5.41) is 15.8. The van der Waals surface area contributed by atoms with Crippen LogP contribution in [-0.2, 0) is 13.0 Å². The van der Waals surface area contributed by atoms with Crippen LogP contribution in [0, 0.1) is 18.3 Å². The number of rotatable bonds is 3. The zero-order valence-corrected chi connectivity index (χ0v) is 13.7. The van der Waals surface area contributed by atoms with Gasteiger partial charge in [-0.15, -0.1) is 0 Å². The number of hydrogen-bond donors (Lipinski definition) is 1. The molecule has 114 valence electrons. The molecule has 0 radical (unpaired) electrons. The second-order valence-corrected chi connectivity index (χ2v) is 7.54. The van der Waals surface area contributed by atoms with Crippen molar-refractivity contribution in [2.24, 2.45) is 11.3 Å². The van der Waals surface area contributed by atoms with Gasteiger partial charge in [-0.25, -0.2) is 0 Å². The normalized spacial score (nSPS) is 27.8. The van der Waals surface area contributed by atoms with Crippen LogP contribution in [0.1, 0.15) is 64.8 Å². The van der Waals surface area contributed by atoms with Crippen molar-refractivity contribution in [2.75, 3.05) is 0 Å². The molecule has 2 atom stereocenters. The first kappa shape index (κ1) is 15.6. The highest BCUT2D eigenvalue weighted by Gasteiger charge is 2.45. The Hall–Kier alpha value is -0.830. The van der Waals surface area contributed by atoms with Gasteiger partial charge in [0.2, 0.25) is 0 Å². The number of aromatic nitrogens is 2. The van der Waals surface area contributed by atoms with E-state index < -0.39 is 5.60 Å². The second-order valence-electron chi connectivity index (χ2n) is 7.54. The van der Waals surface area contributed by atoms with Crippen molar-refractivity contribution < 1.29 is 5.11 Å². The zero-order valence-electron chi connectivity index (χ0n) is 13.7. The molecule has 0 aliphatic heterocycles. The van der Waals surface area contributed by atoms with Gasteiger partial charge in [0.15, 0.2) is 0 Å². The van der Waals surface area contributed by atoms with Gasteiger partial charge in [0.1, 0.15) is 0 Å². The van der Waals surface area contributed by atoms with Crippen LogP contribution in [0.3, 0.4) is 0 Å². The first-order valence-electron chi connectivity index (χ1n) is 8.02. The summed E-state index contributed by atoms with van der Waals surface area (Å²) in [6.07, 6.45) is 5.18. The molecule has 1 heterocycles. The van der Waals surface area contributed by atoms with Gasteiger partial charge in [0.25, 0.3) is 0 Å². The summed E-state index contributed by atoms with van der Waals surface area (Å²) in [6.45, 7) is 11.8. The predicted octanol–water partition coefficient (Wildman–Crippen LogP) is 3.72. The number of hydrogen-bond acceptors (Lipinski definition) is 2. The summed E-state index contributed by atoms with van der Waals surface area (Å²) in [5.41, 5.74) is 1.81. The molecule has 1 aliphatic carbocycles. The molecule has 3 heteroatoms. The van der Waals surface area contributed by atoms with Gasteiger partial charge < -0.3 is 5.11 Å². The van der Waals surface area contributed by atoms with E-state index >= 15 is 0 Å². The second kappa shape index (κ2) is 5.51. The fourth-order valence-corrected chi connectivity index (χ4v) is 4.00. The summed E-state index contributed by atoms with van der Waals surface area (Å²) in [5.74, 6) is 0.365. The van der Waals surface area contributed by atoms with E-state index in [1.54, 1.807) is 0 Å². The molecule has 0 saturated heterocycles. The Bertz CT molecular complexity index is 458. The first-order chi connectivity index (χ1) is 9.26. The zero-order chi connectivity index (χ0) is 15.0. The van der Waals surface area contributed by atoms with Crippen LogP contribution in [0.4, 0.5) is 0 Å². The summed E-state index contributed by atoms with van der Waals surface area (Å²) in [7, 11) is 0. The monoisotopic (exact) mass is 278 g/mol. The number of aliphatic hydroxyl groups is 1. The van der Waals surface area contributed by atoms with Gasteiger partial charge in [0.05, 0.1) is 11.3 Å². The maximum Gasteiger partial charge on any atom is 0.0735 e. The van der Waals surface area contributed by atoms with E-state index in [1.807, 2.05) is 11.6 Å². The van der Waals surface area contributed by atoms with Crippen LogP contribution in [0.5, 0.6) is 0 Å². The average molecular weight is 278 g/mol. The third-order valence-electron chi connectivity index (χ3n) is 4.82. The molecule has 0 amide bonds. The lowest BCUT2D eigenvalue weighted by Gasteiger charge is -2.47.